The Labute approximate surface area is 207 Å². The molecule has 2 aromatic heterocycles. The maximum absolute atomic E-state index is 13.7. The summed E-state index contributed by atoms with van der Waals surface area (Å²) in [6, 6.07) is 14.6. The minimum Gasteiger partial charge on any atom is -0.504 e. The Bertz CT molecular complexity index is 1720. The highest BCUT2D eigenvalue weighted by Gasteiger charge is 2.36. The lowest BCUT2D eigenvalue weighted by Gasteiger charge is -2.34. The van der Waals surface area contributed by atoms with Crippen molar-refractivity contribution in [3.63, 3.8) is 0 Å². The first-order chi connectivity index (χ1) is 17.4. The van der Waals surface area contributed by atoms with Crippen molar-refractivity contribution in [2.75, 3.05) is 7.11 Å². The Balaban J connectivity index is 1.82. The number of aromatic hydroxyl groups is 1. The number of aromatic nitrogens is 3. The van der Waals surface area contributed by atoms with Gasteiger partial charge in [0.15, 0.2) is 11.5 Å². The van der Waals surface area contributed by atoms with E-state index >= 15 is 0 Å². The zero-order valence-electron chi connectivity index (χ0n) is 20.3. The third-order valence-corrected chi connectivity index (χ3v) is 7.18. The van der Waals surface area contributed by atoms with Crippen LogP contribution in [-0.4, -0.2) is 25.9 Å². The van der Waals surface area contributed by atoms with E-state index in [-0.39, 0.29) is 17.0 Å². The highest BCUT2D eigenvalue weighted by atomic mass is 16.5. The van der Waals surface area contributed by atoms with Gasteiger partial charge in [-0.15, -0.1) is 0 Å². The Morgan fingerprint density at radius 1 is 1.06 bits per heavy atom. The zero-order valence-corrected chi connectivity index (χ0v) is 20.3. The van der Waals surface area contributed by atoms with E-state index in [0.29, 0.717) is 16.7 Å². The third-order valence-electron chi connectivity index (χ3n) is 7.18. The smallest absolute Gasteiger partial charge is 0.331 e. The number of hydrogen-bond donors (Lipinski definition) is 2. The molecule has 2 aromatic carbocycles. The van der Waals surface area contributed by atoms with E-state index < -0.39 is 6.04 Å². The van der Waals surface area contributed by atoms with E-state index in [1.54, 1.807) is 23.7 Å². The average Bonchev–Trinajstić information content (AvgIpc) is 3.28. The molecule has 1 aliphatic heterocycles. The summed E-state index contributed by atoms with van der Waals surface area (Å²) in [7, 11) is 4.74. The van der Waals surface area contributed by atoms with Crippen LogP contribution in [0.25, 0.3) is 27.9 Å². The van der Waals surface area contributed by atoms with Crippen LogP contribution in [0.5, 0.6) is 11.5 Å². The van der Waals surface area contributed by atoms with Crippen LogP contribution in [0.15, 0.2) is 76.0 Å². The number of phenols is 1. The van der Waals surface area contributed by atoms with Crippen LogP contribution >= 0.6 is 0 Å². The van der Waals surface area contributed by atoms with E-state index in [1.165, 1.54) is 18.7 Å². The number of phenolic OH excluding ortho intramolecular Hbond substituents is 1. The van der Waals surface area contributed by atoms with Crippen molar-refractivity contribution >= 4 is 16.6 Å². The Morgan fingerprint density at radius 3 is 2.58 bits per heavy atom. The maximum Gasteiger partial charge on any atom is 0.331 e. The van der Waals surface area contributed by atoms with Gasteiger partial charge in [-0.3, -0.25) is 13.9 Å². The number of hydrogen-bond acceptors (Lipinski definition) is 5. The molecule has 0 spiro atoms. The molecule has 4 aromatic rings. The van der Waals surface area contributed by atoms with Gasteiger partial charge in [-0.05, 0) is 42.2 Å². The summed E-state index contributed by atoms with van der Waals surface area (Å²) >= 11 is 0. The van der Waals surface area contributed by atoms with E-state index in [2.05, 4.69) is 22.0 Å². The van der Waals surface area contributed by atoms with Crippen LogP contribution < -0.4 is 21.3 Å². The second-order valence-electron chi connectivity index (χ2n) is 9.17. The molecule has 0 saturated heterocycles. The molecule has 2 aliphatic rings. The quantitative estimate of drug-likeness (QED) is 0.466. The van der Waals surface area contributed by atoms with Crippen LogP contribution in [0.3, 0.4) is 0 Å². The number of fused-ring (bicyclic) bond motifs is 4. The number of nitrogens with one attached hydrogen (secondary N) is 1. The molecule has 2 N–H and O–H groups in total. The number of nitrogens with zero attached hydrogens (tertiary/aromatic N) is 3. The molecule has 36 heavy (non-hydrogen) atoms. The van der Waals surface area contributed by atoms with Crippen molar-refractivity contribution in [2.45, 2.75) is 18.9 Å². The fourth-order valence-electron chi connectivity index (χ4n) is 5.47. The maximum atomic E-state index is 13.7. The van der Waals surface area contributed by atoms with Gasteiger partial charge in [0.05, 0.1) is 41.1 Å². The lowest BCUT2D eigenvalue weighted by Crippen LogP contribution is -2.37. The molecule has 0 bridgehead atoms. The van der Waals surface area contributed by atoms with Gasteiger partial charge in [0.25, 0.3) is 5.56 Å². The van der Waals surface area contributed by atoms with Crippen LogP contribution in [0, 0.1) is 0 Å². The van der Waals surface area contributed by atoms with Crippen molar-refractivity contribution in [3.8, 4) is 22.8 Å². The van der Waals surface area contributed by atoms with E-state index in [1.807, 2.05) is 36.4 Å². The summed E-state index contributed by atoms with van der Waals surface area (Å²) in [6.45, 7) is 0. The lowest BCUT2D eigenvalue weighted by atomic mass is 9.96. The highest BCUT2D eigenvalue weighted by Crippen LogP contribution is 2.45. The Morgan fingerprint density at radius 2 is 1.83 bits per heavy atom. The first kappa shape index (κ1) is 22.0. The number of aryl methyl sites for hydroxylation is 1. The summed E-state index contributed by atoms with van der Waals surface area (Å²) in [5.41, 5.74) is 5.21. The molecule has 8 heteroatoms. The zero-order chi connectivity index (χ0) is 25.1. The summed E-state index contributed by atoms with van der Waals surface area (Å²) in [4.78, 5) is 26.8. The minimum absolute atomic E-state index is 0.0426. The topological polar surface area (TPSA) is 90.4 Å². The average molecular weight is 483 g/mol. The monoisotopic (exact) mass is 482 g/mol. The fourth-order valence-corrected chi connectivity index (χ4v) is 5.47. The molecule has 1 aliphatic carbocycles. The van der Waals surface area contributed by atoms with Crippen molar-refractivity contribution in [1.82, 2.24) is 19.0 Å². The van der Waals surface area contributed by atoms with Gasteiger partial charge in [-0.2, -0.15) is 0 Å². The summed E-state index contributed by atoms with van der Waals surface area (Å²) in [6.07, 6.45) is 5.86. The first-order valence-corrected chi connectivity index (χ1v) is 11.9. The molecule has 0 radical (unpaired) electrons. The minimum atomic E-state index is -0.404. The molecule has 1 unspecified atom stereocenters. The predicted octanol–water partition coefficient (Wildman–Crippen LogP) is 3.63. The molecule has 0 saturated carbocycles. The summed E-state index contributed by atoms with van der Waals surface area (Å²) < 4.78 is 10.3. The number of methoxy groups -OCH3 is 1. The SMILES string of the molecule is COc1cc(C2NC3=C(CCC=C3)n3c(-c4ccccc4)c4c(=O)n(C)c(=O)n(C)c4c32)ccc1O. The van der Waals surface area contributed by atoms with Crippen molar-refractivity contribution in [3.05, 3.63) is 98.5 Å². The van der Waals surface area contributed by atoms with Crippen molar-refractivity contribution in [1.29, 1.82) is 0 Å². The third kappa shape index (κ3) is 3.00. The first-order valence-electron chi connectivity index (χ1n) is 11.9. The number of benzene rings is 2. The fraction of sp³-hybridized carbons (Fsp3) is 0.214. The van der Waals surface area contributed by atoms with Gasteiger partial charge in [0.1, 0.15) is 0 Å². The lowest BCUT2D eigenvalue weighted by molar-refractivity contribution is 0.372. The van der Waals surface area contributed by atoms with E-state index in [0.717, 1.165) is 46.8 Å². The predicted molar refractivity (Wildman–Crippen MR) is 139 cm³/mol. The van der Waals surface area contributed by atoms with Crippen LogP contribution in [0.1, 0.15) is 30.1 Å². The normalized spacial score (nSPS) is 16.6. The van der Waals surface area contributed by atoms with Gasteiger partial charge < -0.3 is 19.7 Å². The molecule has 182 valence electrons. The number of ether oxygens (including phenoxy) is 1. The molecule has 1 atom stereocenters. The molecule has 0 fully saturated rings. The van der Waals surface area contributed by atoms with Gasteiger partial charge in [-0.1, -0.05) is 42.5 Å². The summed E-state index contributed by atoms with van der Waals surface area (Å²) in [5, 5.41) is 14.4. The van der Waals surface area contributed by atoms with Crippen LogP contribution in [0.2, 0.25) is 0 Å². The summed E-state index contributed by atoms with van der Waals surface area (Å²) in [5.74, 6) is 0.393. The van der Waals surface area contributed by atoms with Crippen LogP contribution in [-0.2, 0) is 14.1 Å². The van der Waals surface area contributed by atoms with Gasteiger partial charge in [0, 0.05) is 19.8 Å². The van der Waals surface area contributed by atoms with Crippen LogP contribution in [0.4, 0.5) is 0 Å². The van der Waals surface area contributed by atoms with E-state index in [9.17, 15) is 14.7 Å². The highest BCUT2D eigenvalue weighted by molar-refractivity contribution is 5.99. The van der Waals surface area contributed by atoms with Gasteiger partial charge in [0.2, 0.25) is 0 Å². The molecule has 3 heterocycles. The Kier molecular flexibility index (Phi) is 4.93. The van der Waals surface area contributed by atoms with Crippen molar-refractivity contribution in [2.24, 2.45) is 14.1 Å². The van der Waals surface area contributed by atoms with E-state index in [4.69, 9.17) is 4.74 Å². The van der Waals surface area contributed by atoms with Crippen molar-refractivity contribution < 1.29 is 9.84 Å². The number of rotatable bonds is 3. The largest absolute Gasteiger partial charge is 0.504 e. The standard InChI is InChI=1S/C28H26N4O4/c1-30-25-22(27(34)31(2)28(30)35)24(16-9-5-4-6-10-16)32-19-12-8-7-11-18(19)29-23(26(25)32)17-13-14-20(33)21(15-17)36-3/h4-7,9-11,13-15,23,29,33H,8,12H2,1-3H3. The molecule has 0 amide bonds. The number of allylic oxidation sites excluding steroid dienone is 3. The Hall–Kier alpha value is -4.46. The van der Waals surface area contributed by atoms with Gasteiger partial charge >= 0.3 is 5.69 Å². The molecule has 8 nitrogen and oxygen atoms in total. The molecular formula is C28H26N4O4. The molecule has 6 rings (SSSR count). The second kappa shape index (κ2) is 8.05. The second-order valence-corrected chi connectivity index (χ2v) is 9.17. The van der Waals surface area contributed by atoms with Gasteiger partial charge in [-0.25, -0.2) is 4.79 Å². The molecular weight excluding hydrogens is 456 g/mol.